The lowest BCUT2D eigenvalue weighted by molar-refractivity contribution is 0.0481. The molecule has 6 nitrogen and oxygen atoms in total. The summed E-state index contributed by atoms with van der Waals surface area (Å²) in [5.41, 5.74) is 5.34. The maximum absolute atomic E-state index is 12.3. The number of amides is 2. The van der Waals surface area contributed by atoms with Crippen LogP contribution in [0.2, 0.25) is 0 Å². The first-order valence-corrected chi connectivity index (χ1v) is 8.50. The topological polar surface area (TPSA) is 80.6 Å². The maximum atomic E-state index is 12.3. The second-order valence-corrected chi connectivity index (χ2v) is 6.79. The van der Waals surface area contributed by atoms with Crippen LogP contribution in [-0.2, 0) is 10.5 Å². The van der Waals surface area contributed by atoms with Gasteiger partial charge in [0.15, 0.2) is 5.76 Å². The van der Waals surface area contributed by atoms with Gasteiger partial charge in [0.1, 0.15) is 11.2 Å². The van der Waals surface area contributed by atoms with Crippen molar-refractivity contribution in [3.63, 3.8) is 0 Å². The van der Waals surface area contributed by atoms with Crippen LogP contribution >= 0.6 is 11.8 Å². The monoisotopic (exact) mass is 336 g/mol. The fourth-order valence-electron chi connectivity index (χ4n) is 2.04. The van der Waals surface area contributed by atoms with E-state index in [0.717, 1.165) is 10.9 Å². The average Bonchev–Trinajstić information content (AvgIpc) is 2.83. The summed E-state index contributed by atoms with van der Waals surface area (Å²) < 4.78 is 10.7. The fourth-order valence-corrected chi connectivity index (χ4v) is 2.61. The number of hydrogen-bond acceptors (Lipinski definition) is 5. The van der Waals surface area contributed by atoms with Gasteiger partial charge < -0.3 is 9.15 Å². The predicted molar refractivity (Wildman–Crippen MR) is 90.3 cm³/mol. The quantitative estimate of drug-likeness (QED) is 0.839. The minimum Gasteiger partial charge on any atom is -0.451 e. The van der Waals surface area contributed by atoms with Crippen LogP contribution in [0, 0.1) is 0 Å². The van der Waals surface area contributed by atoms with Crippen molar-refractivity contribution in [1.82, 2.24) is 10.9 Å². The first-order valence-electron chi connectivity index (χ1n) is 7.10. The molecule has 2 amide bonds. The number of benzene rings is 1. The number of hydrogen-bond donors (Lipinski definition) is 2. The molecule has 23 heavy (non-hydrogen) atoms. The summed E-state index contributed by atoms with van der Waals surface area (Å²) in [5.74, 6) is 0.305. The van der Waals surface area contributed by atoms with E-state index in [1.165, 1.54) is 0 Å². The number of nitrogens with one attached hydrogen (secondary N) is 2. The molecule has 0 aliphatic heterocycles. The van der Waals surface area contributed by atoms with E-state index in [1.54, 1.807) is 38.6 Å². The summed E-state index contributed by atoms with van der Waals surface area (Å²) in [5, 5.41) is 0.893. The van der Waals surface area contributed by atoms with Gasteiger partial charge in [0.25, 0.3) is 0 Å². The first kappa shape index (κ1) is 17.2. The average molecular weight is 336 g/mol. The Bertz CT molecular complexity index is 718. The van der Waals surface area contributed by atoms with Crippen molar-refractivity contribution in [3.8, 4) is 0 Å². The van der Waals surface area contributed by atoms with E-state index in [0.29, 0.717) is 11.3 Å². The molecule has 2 N–H and O–H groups in total. The Hall–Kier alpha value is -2.15. The standard InChI is InChI=1S/C16H20N2O4S/c1-16(2,3)22-15(20)18-17-14(19)13-11(9-23-4)10-7-5-6-8-12(10)21-13/h5-8H,9H2,1-4H3,(H,17,19)(H,18,20). The van der Waals surface area contributed by atoms with Crippen LogP contribution in [0.25, 0.3) is 11.0 Å². The van der Waals surface area contributed by atoms with Gasteiger partial charge >= 0.3 is 12.0 Å². The number of fused-ring (bicyclic) bond motifs is 1. The highest BCUT2D eigenvalue weighted by Crippen LogP contribution is 2.28. The molecule has 7 heteroatoms. The van der Waals surface area contributed by atoms with Crippen molar-refractivity contribution in [2.75, 3.05) is 6.26 Å². The van der Waals surface area contributed by atoms with Crippen molar-refractivity contribution in [2.45, 2.75) is 32.1 Å². The Labute approximate surface area is 138 Å². The van der Waals surface area contributed by atoms with E-state index < -0.39 is 17.6 Å². The van der Waals surface area contributed by atoms with Crippen molar-refractivity contribution in [3.05, 3.63) is 35.6 Å². The van der Waals surface area contributed by atoms with Crippen LogP contribution in [0.3, 0.4) is 0 Å². The molecule has 0 aliphatic carbocycles. The first-order chi connectivity index (χ1) is 10.8. The third-order valence-electron chi connectivity index (χ3n) is 2.87. The van der Waals surface area contributed by atoms with E-state index in [-0.39, 0.29) is 5.76 Å². The minimum absolute atomic E-state index is 0.191. The van der Waals surface area contributed by atoms with Gasteiger partial charge in [-0.1, -0.05) is 18.2 Å². The Kier molecular flexibility index (Phi) is 5.20. The number of thioether (sulfide) groups is 1. The smallest absolute Gasteiger partial charge is 0.426 e. The van der Waals surface area contributed by atoms with Crippen LogP contribution in [0.1, 0.15) is 36.9 Å². The number of hydrazine groups is 1. The van der Waals surface area contributed by atoms with Gasteiger partial charge in [-0.25, -0.2) is 10.2 Å². The number of ether oxygens (including phenoxy) is 1. The number of rotatable bonds is 3. The van der Waals surface area contributed by atoms with E-state index >= 15 is 0 Å². The Morgan fingerprint density at radius 2 is 1.91 bits per heavy atom. The van der Waals surface area contributed by atoms with Crippen LogP contribution in [0.15, 0.2) is 28.7 Å². The predicted octanol–water partition coefficient (Wildman–Crippen LogP) is 3.47. The SMILES string of the molecule is CSCc1c(C(=O)NNC(=O)OC(C)(C)C)oc2ccccc12. The zero-order valence-electron chi connectivity index (χ0n) is 13.6. The third kappa shape index (κ3) is 4.41. The molecule has 1 aromatic heterocycles. The molecule has 1 heterocycles. The lowest BCUT2D eigenvalue weighted by Gasteiger charge is -2.19. The van der Waals surface area contributed by atoms with E-state index in [1.807, 2.05) is 24.5 Å². The minimum atomic E-state index is -0.728. The molecule has 1 aromatic carbocycles. The van der Waals surface area contributed by atoms with Gasteiger partial charge in [-0.2, -0.15) is 11.8 Å². The number of carbonyl (C=O) groups excluding carboxylic acids is 2. The molecular formula is C16H20N2O4S. The molecule has 0 saturated heterocycles. The molecular weight excluding hydrogens is 316 g/mol. The highest BCUT2D eigenvalue weighted by Gasteiger charge is 2.21. The second kappa shape index (κ2) is 6.95. The molecule has 0 bridgehead atoms. The number of carbonyl (C=O) groups is 2. The van der Waals surface area contributed by atoms with Gasteiger partial charge in [-0.05, 0) is 33.1 Å². The summed E-state index contributed by atoms with van der Waals surface area (Å²) in [4.78, 5) is 23.9. The second-order valence-electron chi connectivity index (χ2n) is 5.92. The molecule has 0 saturated carbocycles. The molecule has 0 atom stereocenters. The molecule has 0 spiro atoms. The van der Waals surface area contributed by atoms with Gasteiger partial charge in [-0.3, -0.25) is 10.2 Å². The molecule has 0 aliphatic rings. The van der Waals surface area contributed by atoms with E-state index in [9.17, 15) is 9.59 Å². The molecule has 0 unspecified atom stereocenters. The lowest BCUT2D eigenvalue weighted by Crippen LogP contribution is -2.44. The van der Waals surface area contributed by atoms with Gasteiger partial charge in [0.05, 0.1) is 0 Å². The van der Waals surface area contributed by atoms with Crippen LogP contribution < -0.4 is 10.9 Å². The van der Waals surface area contributed by atoms with Gasteiger partial charge in [0, 0.05) is 16.7 Å². The van der Waals surface area contributed by atoms with Gasteiger partial charge in [0.2, 0.25) is 0 Å². The summed E-state index contributed by atoms with van der Waals surface area (Å²) in [6.45, 7) is 5.22. The third-order valence-corrected chi connectivity index (χ3v) is 3.45. The van der Waals surface area contributed by atoms with E-state index in [2.05, 4.69) is 10.9 Å². The summed E-state index contributed by atoms with van der Waals surface area (Å²) >= 11 is 1.59. The van der Waals surface area contributed by atoms with Crippen LogP contribution in [-0.4, -0.2) is 23.9 Å². The molecule has 2 aromatic rings. The fraction of sp³-hybridized carbons (Fsp3) is 0.375. The molecule has 0 fully saturated rings. The van der Waals surface area contributed by atoms with Crippen molar-refractivity contribution >= 4 is 34.7 Å². The molecule has 2 rings (SSSR count). The summed E-state index contributed by atoms with van der Waals surface area (Å²) in [6.07, 6.45) is 1.22. The van der Waals surface area contributed by atoms with Crippen molar-refractivity contribution < 1.29 is 18.7 Å². The Morgan fingerprint density at radius 3 is 2.57 bits per heavy atom. The summed E-state index contributed by atoms with van der Waals surface area (Å²) in [6, 6.07) is 7.44. The van der Waals surface area contributed by atoms with Gasteiger partial charge in [-0.15, -0.1) is 0 Å². The Morgan fingerprint density at radius 1 is 1.22 bits per heavy atom. The zero-order chi connectivity index (χ0) is 17.0. The Balaban J connectivity index is 2.14. The number of para-hydroxylation sites is 1. The van der Waals surface area contributed by atoms with Crippen molar-refractivity contribution in [2.24, 2.45) is 0 Å². The van der Waals surface area contributed by atoms with E-state index in [4.69, 9.17) is 9.15 Å². The lowest BCUT2D eigenvalue weighted by atomic mass is 10.1. The highest BCUT2D eigenvalue weighted by atomic mass is 32.2. The van der Waals surface area contributed by atoms with Crippen LogP contribution in [0.5, 0.6) is 0 Å². The normalized spacial score (nSPS) is 11.3. The summed E-state index contributed by atoms with van der Waals surface area (Å²) in [7, 11) is 0. The van der Waals surface area contributed by atoms with Crippen molar-refractivity contribution in [1.29, 1.82) is 0 Å². The highest BCUT2D eigenvalue weighted by molar-refractivity contribution is 7.97. The molecule has 124 valence electrons. The zero-order valence-corrected chi connectivity index (χ0v) is 14.4. The van der Waals surface area contributed by atoms with Crippen LogP contribution in [0.4, 0.5) is 4.79 Å². The number of furan rings is 1. The molecule has 0 radical (unpaired) electrons. The maximum Gasteiger partial charge on any atom is 0.426 e. The largest absolute Gasteiger partial charge is 0.451 e.